The highest BCUT2D eigenvalue weighted by atomic mass is 16.5. The molecule has 5 heteroatoms. The Hall–Kier alpha value is -1.88. The Bertz CT molecular complexity index is 590. The second-order valence-electron chi connectivity index (χ2n) is 4.67. The van der Waals surface area contributed by atoms with Gasteiger partial charge in [-0.05, 0) is 36.7 Å². The first kappa shape index (κ1) is 10.1. The number of hydrogen-bond donors (Lipinski definition) is 1. The van der Waals surface area contributed by atoms with Gasteiger partial charge >= 0.3 is 0 Å². The summed E-state index contributed by atoms with van der Waals surface area (Å²) in [7, 11) is 0. The summed E-state index contributed by atoms with van der Waals surface area (Å²) in [6.45, 7) is 1.79. The predicted octanol–water partition coefficient (Wildman–Crippen LogP) is 1.71. The van der Waals surface area contributed by atoms with Crippen molar-refractivity contribution in [1.29, 1.82) is 0 Å². The first-order valence-corrected chi connectivity index (χ1v) is 6.23. The first-order valence-electron chi connectivity index (χ1n) is 6.23. The van der Waals surface area contributed by atoms with Crippen molar-refractivity contribution in [3.8, 4) is 17.1 Å². The molecule has 1 saturated heterocycles. The van der Waals surface area contributed by atoms with Gasteiger partial charge in [0, 0.05) is 12.0 Å². The molecule has 1 fully saturated rings. The number of rotatable bonds is 2. The average Bonchev–Trinajstić information content (AvgIpc) is 2.93. The van der Waals surface area contributed by atoms with Gasteiger partial charge in [0.2, 0.25) is 11.7 Å². The van der Waals surface area contributed by atoms with Crippen LogP contribution in [0.2, 0.25) is 0 Å². The Balaban J connectivity index is 1.67. The van der Waals surface area contributed by atoms with Crippen LogP contribution in [0.5, 0.6) is 5.75 Å². The molecule has 0 aliphatic carbocycles. The zero-order valence-electron chi connectivity index (χ0n) is 9.85. The average molecular weight is 243 g/mol. The van der Waals surface area contributed by atoms with Gasteiger partial charge in [0.15, 0.2) is 0 Å². The maximum atomic E-state index is 5.49. The van der Waals surface area contributed by atoms with Crippen molar-refractivity contribution in [1.82, 2.24) is 15.5 Å². The number of ether oxygens (including phenoxy) is 1. The standard InChI is InChI=1S/C13H13N3O2/c1-2-11-8(4-6-17-11)7-9(1)12-15-13(18-16-12)10-3-5-14-10/h1-2,7,10,14H,3-6H2/t10-/m1/s1. The minimum Gasteiger partial charge on any atom is -0.493 e. The number of benzene rings is 1. The van der Waals surface area contributed by atoms with Crippen LogP contribution in [-0.2, 0) is 6.42 Å². The first-order chi connectivity index (χ1) is 8.90. The molecule has 5 nitrogen and oxygen atoms in total. The lowest BCUT2D eigenvalue weighted by Crippen LogP contribution is -2.35. The maximum Gasteiger partial charge on any atom is 0.244 e. The van der Waals surface area contributed by atoms with Crippen molar-refractivity contribution in [3.05, 3.63) is 29.7 Å². The summed E-state index contributed by atoms with van der Waals surface area (Å²) in [6, 6.07) is 6.29. The summed E-state index contributed by atoms with van der Waals surface area (Å²) in [5.41, 5.74) is 2.22. The van der Waals surface area contributed by atoms with Gasteiger partial charge in [-0.25, -0.2) is 0 Å². The second kappa shape index (κ2) is 3.81. The molecule has 0 spiro atoms. The highest BCUT2D eigenvalue weighted by Gasteiger charge is 2.25. The van der Waals surface area contributed by atoms with Crippen LogP contribution in [0.3, 0.4) is 0 Å². The molecule has 1 N–H and O–H groups in total. The number of nitrogens with zero attached hydrogens (tertiary/aromatic N) is 2. The monoisotopic (exact) mass is 243 g/mol. The summed E-state index contributed by atoms with van der Waals surface area (Å²) in [4.78, 5) is 4.45. The molecule has 18 heavy (non-hydrogen) atoms. The van der Waals surface area contributed by atoms with Gasteiger partial charge in [-0.1, -0.05) is 5.16 Å². The van der Waals surface area contributed by atoms with Crippen molar-refractivity contribution >= 4 is 0 Å². The molecule has 1 atom stereocenters. The van der Waals surface area contributed by atoms with E-state index >= 15 is 0 Å². The lowest BCUT2D eigenvalue weighted by atomic mass is 10.1. The van der Waals surface area contributed by atoms with E-state index in [1.165, 1.54) is 5.56 Å². The van der Waals surface area contributed by atoms with E-state index in [1.807, 2.05) is 12.1 Å². The molecule has 0 bridgehead atoms. The van der Waals surface area contributed by atoms with Gasteiger partial charge in [0.25, 0.3) is 0 Å². The Morgan fingerprint density at radius 1 is 1.33 bits per heavy atom. The van der Waals surface area contributed by atoms with Crippen molar-refractivity contribution in [2.24, 2.45) is 0 Å². The molecule has 2 aromatic rings. The molecular weight excluding hydrogens is 230 g/mol. The third-order valence-corrected chi connectivity index (χ3v) is 3.51. The zero-order valence-corrected chi connectivity index (χ0v) is 9.85. The SMILES string of the molecule is c1cc2c(cc1-c1noc([C@H]3CCN3)n1)CCO2. The normalized spacial score (nSPS) is 21.2. The second-order valence-corrected chi connectivity index (χ2v) is 4.67. The van der Waals surface area contributed by atoms with Gasteiger partial charge in [0.1, 0.15) is 5.75 Å². The highest BCUT2D eigenvalue weighted by Crippen LogP contribution is 2.30. The fourth-order valence-electron chi connectivity index (χ4n) is 2.32. The lowest BCUT2D eigenvalue weighted by molar-refractivity contribution is 0.273. The molecule has 4 rings (SSSR count). The summed E-state index contributed by atoms with van der Waals surface area (Å²) in [5, 5.41) is 7.30. The molecule has 2 aliphatic rings. The van der Waals surface area contributed by atoms with E-state index in [9.17, 15) is 0 Å². The van der Waals surface area contributed by atoms with E-state index in [2.05, 4.69) is 21.5 Å². The van der Waals surface area contributed by atoms with Gasteiger partial charge in [-0.3, -0.25) is 0 Å². The molecule has 1 aromatic carbocycles. The third kappa shape index (κ3) is 1.51. The van der Waals surface area contributed by atoms with Crippen molar-refractivity contribution < 1.29 is 9.26 Å². The fraction of sp³-hybridized carbons (Fsp3) is 0.385. The van der Waals surface area contributed by atoms with Gasteiger partial charge in [-0.15, -0.1) is 0 Å². The third-order valence-electron chi connectivity index (χ3n) is 3.51. The zero-order chi connectivity index (χ0) is 11.9. The van der Waals surface area contributed by atoms with E-state index in [-0.39, 0.29) is 6.04 Å². The van der Waals surface area contributed by atoms with Crippen LogP contribution in [0.15, 0.2) is 22.7 Å². The number of nitrogens with one attached hydrogen (secondary N) is 1. The van der Waals surface area contributed by atoms with E-state index in [0.29, 0.717) is 11.7 Å². The lowest BCUT2D eigenvalue weighted by Gasteiger charge is -2.23. The van der Waals surface area contributed by atoms with Crippen LogP contribution in [-0.4, -0.2) is 23.3 Å². The van der Waals surface area contributed by atoms with E-state index in [4.69, 9.17) is 9.26 Å². The molecule has 0 saturated carbocycles. The highest BCUT2D eigenvalue weighted by molar-refractivity contribution is 5.59. The molecule has 0 unspecified atom stereocenters. The Morgan fingerprint density at radius 3 is 3.11 bits per heavy atom. The smallest absolute Gasteiger partial charge is 0.244 e. The van der Waals surface area contributed by atoms with Crippen molar-refractivity contribution in [3.63, 3.8) is 0 Å². The summed E-state index contributed by atoms with van der Waals surface area (Å²) < 4.78 is 10.8. The van der Waals surface area contributed by atoms with Crippen LogP contribution < -0.4 is 10.1 Å². The molecule has 0 amide bonds. The van der Waals surface area contributed by atoms with E-state index < -0.39 is 0 Å². The number of aromatic nitrogens is 2. The number of fused-ring (bicyclic) bond motifs is 1. The Labute approximate surface area is 104 Å². The van der Waals surface area contributed by atoms with E-state index in [0.717, 1.165) is 37.3 Å². The molecular formula is C13H13N3O2. The van der Waals surface area contributed by atoms with Gasteiger partial charge < -0.3 is 14.6 Å². The van der Waals surface area contributed by atoms with Crippen molar-refractivity contribution in [2.75, 3.05) is 13.2 Å². The topological polar surface area (TPSA) is 60.2 Å². The fourth-order valence-corrected chi connectivity index (χ4v) is 2.32. The van der Waals surface area contributed by atoms with Crippen molar-refractivity contribution in [2.45, 2.75) is 18.9 Å². The molecule has 1 aromatic heterocycles. The molecule has 3 heterocycles. The summed E-state index contributed by atoms with van der Waals surface area (Å²) >= 11 is 0. The number of hydrogen-bond acceptors (Lipinski definition) is 5. The van der Waals surface area contributed by atoms with Crippen LogP contribution in [0, 0.1) is 0 Å². The Kier molecular flexibility index (Phi) is 2.14. The van der Waals surface area contributed by atoms with Crippen LogP contribution >= 0.6 is 0 Å². The van der Waals surface area contributed by atoms with Crippen LogP contribution in [0.25, 0.3) is 11.4 Å². The van der Waals surface area contributed by atoms with Gasteiger partial charge in [-0.2, -0.15) is 4.98 Å². The summed E-state index contributed by atoms with van der Waals surface area (Å²) in [5.74, 6) is 2.32. The molecule has 2 aliphatic heterocycles. The van der Waals surface area contributed by atoms with Gasteiger partial charge in [0.05, 0.1) is 12.6 Å². The van der Waals surface area contributed by atoms with Crippen LogP contribution in [0.1, 0.15) is 23.9 Å². The van der Waals surface area contributed by atoms with E-state index in [1.54, 1.807) is 0 Å². The molecule has 0 radical (unpaired) electrons. The largest absolute Gasteiger partial charge is 0.493 e. The quantitative estimate of drug-likeness (QED) is 0.870. The predicted molar refractivity (Wildman–Crippen MR) is 64.3 cm³/mol. The van der Waals surface area contributed by atoms with Crippen LogP contribution in [0.4, 0.5) is 0 Å². The minimum atomic E-state index is 0.240. The Morgan fingerprint density at radius 2 is 2.28 bits per heavy atom. The summed E-state index contributed by atoms with van der Waals surface area (Å²) in [6.07, 6.45) is 2.03. The molecule has 92 valence electrons. The minimum absolute atomic E-state index is 0.240. The maximum absolute atomic E-state index is 5.49.